The molecule has 0 aliphatic heterocycles. The molecule has 1 N–H and O–H groups in total. The molecule has 1 heterocycles. The van der Waals surface area contributed by atoms with Gasteiger partial charge in [-0.15, -0.1) is 0 Å². The number of pyridine rings is 1. The van der Waals surface area contributed by atoms with Crippen molar-refractivity contribution in [2.24, 2.45) is 0 Å². The number of carbonyl (C=O) groups is 2. The Morgan fingerprint density at radius 3 is 2.73 bits per heavy atom. The average molecular weight is 434 g/mol. The van der Waals surface area contributed by atoms with Gasteiger partial charge in [0, 0.05) is 9.86 Å². The van der Waals surface area contributed by atoms with Crippen molar-refractivity contribution < 1.29 is 14.3 Å². The van der Waals surface area contributed by atoms with Gasteiger partial charge in [0.2, 0.25) is 0 Å². The van der Waals surface area contributed by atoms with E-state index in [9.17, 15) is 9.59 Å². The predicted octanol–water partition coefficient (Wildman–Crippen LogP) is 4.75. The summed E-state index contributed by atoms with van der Waals surface area (Å²) < 4.78 is 5.85. The minimum atomic E-state index is -0.583. The fourth-order valence-corrected chi connectivity index (χ4v) is 3.10. The molecule has 0 spiro atoms. The zero-order valence-corrected chi connectivity index (χ0v) is 16.1. The van der Waals surface area contributed by atoms with Crippen molar-refractivity contribution >= 4 is 56.0 Å². The van der Waals surface area contributed by atoms with Crippen molar-refractivity contribution in [3.63, 3.8) is 0 Å². The maximum absolute atomic E-state index is 12.2. The van der Waals surface area contributed by atoms with Crippen LogP contribution in [0.4, 0.5) is 5.69 Å². The number of carbonyl (C=O) groups excluding carboxylic acids is 2. The molecule has 0 aliphatic rings. The highest BCUT2D eigenvalue weighted by Gasteiger charge is 2.12. The van der Waals surface area contributed by atoms with Crippen LogP contribution in [-0.2, 0) is 9.53 Å². The number of amides is 1. The van der Waals surface area contributed by atoms with Crippen molar-refractivity contribution in [2.45, 2.75) is 6.92 Å². The zero-order chi connectivity index (χ0) is 18.7. The summed E-state index contributed by atoms with van der Waals surface area (Å²) in [5, 5.41) is 3.83. The number of aryl methyl sites for hydroxylation is 1. The Bertz CT molecular complexity index is 1010. The quantitative estimate of drug-likeness (QED) is 0.476. The van der Waals surface area contributed by atoms with Crippen molar-refractivity contribution in [2.75, 3.05) is 11.9 Å². The Hall–Kier alpha value is -2.44. The van der Waals surface area contributed by atoms with Gasteiger partial charge < -0.3 is 10.1 Å². The van der Waals surface area contributed by atoms with E-state index in [2.05, 4.69) is 26.2 Å². The van der Waals surface area contributed by atoms with E-state index in [1.54, 1.807) is 36.4 Å². The smallest absolute Gasteiger partial charge is 0.338 e. The number of anilines is 1. The van der Waals surface area contributed by atoms with Crippen LogP contribution in [-0.4, -0.2) is 23.5 Å². The number of nitrogens with one attached hydrogen (secondary N) is 1. The van der Waals surface area contributed by atoms with Gasteiger partial charge in [0.1, 0.15) is 5.15 Å². The zero-order valence-electron chi connectivity index (χ0n) is 13.8. The van der Waals surface area contributed by atoms with E-state index >= 15 is 0 Å². The number of halogens is 2. The Morgan fingerprint density at radius 1 is 1.15 bits per heavy atom. The van der Waals surface area contributed by atoms with Gasteiger partial charge in [0.05, 0.1) is 16.8 Å². The lowest BCUT2D eigenvalue weighted by molar-refractivity contribution is -0.119. The minimum absolute atomic E-state index is 0.339. The van der Waals surface area contributed by atoms with E-state index < -0.39 is 11.9 Å². The van der Waals surface area contributed by atoms with Gasteiger partial charge in [0.15, 0.2) is 6.61 Å². The van der Waals surface area contributed by atoms with Crippen molar-refractivity contribution in [3.8, 4) is 0 Å². The molecule has 7 heteroatoms. The van der Waals surface area contributed by atoms with Crippen LogP contribution in [0.3, 0.4) is 0 Å². The lowest BCUT2D eigenvalue weighted by Crippen LogP contribution is -2.21. The molecular formula is C19H14BrClN2O3. The monoisotopic (exact) mass is 432 g/mol. The standard InChI is InChI=1S/C19H14BrClN2O3/c1-11-2-5-16(14(20)8-11)23-18(24)10-26-19(25)13-3-6-15-12(9-13)4-7-17(21)22-15/h2-9H,10H2,1H3,(H,23,24). The van der Waals surface area contributed by atoms with Gasteiger partial charge in [0.25, 0.3) is 5.91 Å². The van der Waals surface area contributed by atoms with Gasteiger partial charge in [-0.25, -0.2) is 9.78 Å². The Labute approximate surface area is 163 Å². The SMILES string of the molecule is Cc1ccc(NC(=O)COC(=O)c2ccc3nc(Cl)ccc3c2)c(Br)c1. The topological polar surface area (TPSA) is 68.3 Å². The van der Waals surface area contributed by atoms with Crippen LogP contribution < -0.4 is 5.32 Å². The molecule has 1 aromatic heterocycles. The van der Waals surface area contributed by atoms with Crippen LogP contribution in [0.1, 0.15) is 15.9 Å². The van der Waals surface area contributed by atoms with Gasteiger partial charge >= 0.3 is 5.97 Å². The second-order valence-corrected chi connectivity index (χ2v) is 6.89. The van der Waals surface area contributed by atoms with Crippen LogP contribution in [0, 0.1) is 6.92 Å². The molecule has 132 valence electrons. The van der Waals surface area contributed by atoms with Gasteiger partial charge in [-0.1, -0.05) is 17.7 Å². The van der Waals surface area contributed by atoms with E-state index in [0.29, 0.717) is 21.9 Å². The highest BCUT2D eigenvalue weighted by molar-refractivity contribution is 9.10. The van der Waals surface area contributed by atoms with Gasteiger partial charge in [-0.05, 0) is 70.9 Å². The molecule has 0 fully saturated rings. The Balaban J connectivity index is 1.63. The van der Waals surface area contributed by atoms with Crippen molar-refractivity contribution in [1.82, 2.24) is 4.98 Å². The minimum Gasteiger partial charge on any atom is -0.452 e. The lowest BCUT2D eigenvalue weighted by atomic mass is 10.1. The molecule has 3 aromatic rings. The summed E-state index contributed by atoms with van der Waals surface area (Å²) in [5.74, 6) is -1.00. The van der Waals surface area contributed by atoms with Crippen LogP contribution >= 0.6 is 27.5 Å². The van der Waals surface area contributed by atoms with Gasteiger partial charge in [-0.3, -0.25) is 4.79 Å². The lowest BCUT2D eigenvalue weighted by Gasteiger charge is -2.09. The number of hydrogen-bond acceptors (Lipinski definition) is 4. The number of fused-ring (bicyclic) bond motifs is 1. The molecular weight excluding hydrogens is 420 g/mol. The van der Waals surface area contributed by atoms with Crippen LogP contribution in [0.25, 0.3) is 10.9 Å². The second kappa shape index (κ2) is 7.85. The number of hydrogen-bond donors (Lipinski definition) is 1. The summed E-state index contributed by atoms with van der Waals surface area (Å²) in [5.41, 5.74) is 2.70. The third kappa shape index (κ3) is 4.39. The maximum Gasteiger partial charge on any atom is 0.338 e. The summed E-state index contributed by atoms with van der Waals surface area (Å²) >= 11 is 9.22. The predicted molar refractivity (Wildman–Crippen MR) is 105 cm³/mol. The molecule has 0 aliphatic carbocycles. The average Bonchev–Trinajstić information content (AvgIpc) is 2.61. The number of ether oxygens (including phenoxy) is 1. The molecule has 5 nitrogen and oxygen atoms in total. The van der Waals surface area contributed by atoms with E-state index in [-0.39, 0.29) is 6.61 Å². The molecule has 26 heavy (non-hydrogen) atoms. The van der Waals surface area contributed by atoms with E-state index in [1.165, 1.54) is 0 Å². The number of esters is 1. The summed E-state index contributed by atoms with van der Waals surface area (Å²) in [6.07, 6.45) is 0. The summed E-state index contributed by atoms with van der Waals surface area (Å²) in [6.45, 7) is 1.57. The first kappa shape index (κ1) is 18.4. The molecule has 0 saturated carbocycles. The summed E-state index contributed by atoms with van der Waals surface area (Å²) in [7, 11) is 0. The number of benzene rings is 2. The first-order valence-electron chi connectivity index (χ1n) is 7.72. The van der Waals surface area contributed by atoms with Gasteiger partial charge in [-0.2, -0.15) is 0 Å². The molecule has 0 atom stereocenters. The number of nitrogens with zero attached hydrogens (tertiary/aromatic N) is 1. The molecule has 1 amide bonds. The Kier molecular flexibility index (Phi) is 5.54. The summed E-state index contributed by atoms with van der Waals surface area (Å²) in [4.78, 5) is 28.3. The van der Waals surface area contributed by atoms with Crippen LogP contribution in [0.15, 0.2) is 53.0 Å². The third-order valence-electron chi connectivity index (χ3n) is 3.62. The third-order valence-corrected chi connectivity index (χ3v) is 4.49. The first-order valence-corrected chi connectivity index (χ1v) is 8.89. The number of rotatable bonds is 4. The van der Waals surface area contributed by atoms with E-state index in [1.807, 2.05) is 19.1 Å². The van der Waals surface area contributed by atoms with Crippen LogP contribution in [0.5, 0.6) is 0 Å². The van der Waals surface area contributed by atoms with E-state index in [0.717, 1.165) is 15.4 Å². The molecule has 0 unspecified atom stereocenters. The molecule has 0 saturated heterocycles. The molecule has 2 aromatic carbocycles. The molecule has 3 rings (SSSR count). The normalized spacial score (nSPS) is 10.6. The van der Waals surface area contributed by atoms with Crippen molar-refractivity contribution in [1.29, 1.82) is 0 Å². The number of aromatic nitrogens is 1. The Morgan fingerprint density at radius 2 is 1.96 bits per heavy atom. The maximum atomic E-state index is 12.2. The summed E-state index contributed by atoms with van der Waals surface area (Å²) in [6, 6.07) is 13.9. The van der Waals surface area contributed by atoms with Crippen molar-refractivity contribution in [3.05, 3.63) is 69.3 Å². The first-order chi connectivity index (χ1) is 12.4. The second-order valence-electron chi connectivity index (χ2n) is 5.65. The van der Waals surface area contributed by atoms with Crippen LogP contribution in [0.2, 0.25) is 5.15 Å². The fraction of sp³-hybridized carbons (Fsp3) is 0.105. The molecule has 0 radical (unpaired) electrons. The molecule has 0 bridgehead atoms. The fourth-order valence-electron chi connectivity index (χ4n) is 2.35. The highest BCUT2D eigenvalue weighted by Crippen LogP contribution is 2.23. The van der Waals surface area contributed by atoms with E-state index in [4.69, 9.17) is 16.3 Å². The highest BCUT2D eigenvalue weighted by atomic mass is 79.9. The largest absolute Gasteiger partial charge is 0.452 e.